The van der Waals surface area contributed by atoms with Crippen LogP contribution in [0, 0.1) is 12.3 Å². The summed E-state index contributed by atoms with van der Waals surface area (Å²) < 4.78 is 37.4. The first-order valence-corrected chi connectivity index (χ1v) is 9.91. The molecule has 174 valence electrons. The van der Waals surface area contributed by atoms with E-state index in [-0.39, 0.29) is 23.8 Å². The molecule has 2 amide bonds. The lowest BCUT2D eigenvalue weighted by molar-refractivity contribution is -0.192. The van der Waals surface area contributed by atoms with E-state index in [0.717, 1.165) is 50.4 Å². The quantitative estimate of drug-likeness (QED) is 0.760. The van der Waals surface area contributed by atoms with Gasteiger partial charge in [0, 0.05) is 20.6 Å². The van der Waals surface area contributed by atoms with E-state index in [0.29, 0.717) is 6.54 Å². The SMILES string of the molecule is Cc1ccc(CN2CCC3(CC2)CCN(CC(=O)N(C)C)C3=O)o1.O=C(O)C(F)(F)F. The predicted octanol–water partition coefficient (Wildman–Crippen LogP) is 2.12. The average Bonchev–Trinajstić information content (AvgIpc) is 3.22. The van der Waals surface area contributed by atoms with Gasteiger partial charge in [-0.2, -0.15) is 13.2 Å². The van der Waals surface area contributed by atoms with Crippen LogP contribution in [0.2, 0.25) is 0 Å². The third kappa shape index (κ3) is 6.46. The van der Waals surface area contributed by atoms with E-state index in [1.54, 1.807) is 23.9 Å². The Morgan fingerprint density at radius 2 is 1.71 bits per heavy atom. The van der Waals surface area contributed by atoms with Crippen LogP contribution in [-0.2, 0) is 20.9 Å². The second-order valence-corrected chi connectivity index (χ2v) is 8.14. The molecule has 2 fully saturated rings. The van der Waals surface area contributed by atoms with Gasteiger partial charge in [-0.15, -0.1) is 0 Å². The molecule has 1 aromatic rings. The highest BCUT2D eigenvalue weighted by molar-refractivity contribution is 5.89. The highest BCUT2D eigenvalue weighted by Crippen LogP contribution is 2.41. The van der Waals surface area contributed by atoms with Crippen molar-refractivity contribution in [1.29, 1.82) is 0 Å². The first-order valence-electron chi connectivity index (χ1n) is 9.91. The van der Waals surface area contributed by atoms with E-state index in [1.807, 2.05) is 19.1 Å². The van der Waals surface area contributed by atoms with Gasteiger partial charge >= 0.3 is 12.1 Å². The van der Waals surface area contributed by atoms with Crippen LogP contribution in [0.15, 0.2) is 16.5 Å². The molecule has 1 N–H and O–H groups in total. The molecule has 31 heavy (non-hydrogen) atoms. The van der Waals surface area contributed by atoms with E-state index < -0.39 is 12.1 Å². The minimum absolute atomic E-state index is 0.00831. The third-order valence-corrected chi connectivity index (χ3v) is 5.66. The maximum atomic E-state index is 12.8. The summed E-state index contributed by atoms with van der Waals surface area (Å²) in [6.45, 7) is 5.48. The fourth-order valence-corrected chi connectivity index (χ4v) is 3.74. The zero-order valence-corrected chi connectivity index (χ0v) is 17.9. The number of amides is 2. The van der Waals surface area contributed by atoms with Gasteiger partial charge in [0.05, 0.1) is 18.5 Å². The summed E-state index contributed by atoms with van der Waals surface area (Å²) in [4.78, 5) is 39.3. The van der Waals surface area contributed by atoms with Crippen molar-refractivity contribution in [2.45, 2.75) is 38.9 Å². The molecule has 0 aliphatic carbocycles. The Labute approximate surface area is 178 Å². The molecule has 0 radical (unpaired) electrons. The average molecular weight is 447 g/mol. The number of hydrogen-bond donors (Lipinski definition) is 1. The summed E-state index contributed by atoms with van der Waals surface area (Å²) in [6.07, 6.45) is -2.46. The van der Waals surface area contributed by atoms with Crippen molar-refractivity contribution in [3.05, 3.63) is 23.7 Å². The number of aliphatic carboxylic acids is 1. The topological polar surface area (TPSA) is 94.3 Å². The molecular formula is C20H28F3N3O5. The van der Waals surface area contributed by atoms with Gasteiger partial charge in [-0.3, -0.25) is 14.5 Å². The van der Waals surface area contributed by atoms with E-state index in [2.05, 4.69) is 4.90 Å². The number of piperidine rings is 1. The van der Waals surface area contributed by atoms with E-state index in [4.69, 9.17) is 14.3 Å². The van der Waals surface area contributed by atoms with Crippen LogP contribution in [0.5, 0.6) is 0 Å². The second-order valence-electron chi connectivity index (χ2n) is 8.14. The van der Waals surface area contributed by atoms with Crippen molar-refractivity contribution in [2.75, 3.05) is 40.3 Å². The van der Waals surface area contributed by atoms with E-state index in [1.165, 1.54) is 0 Å². The molecule has 2 aliphatic rings. The molecule has 2 aliphatic heterocycles. The number of carbonyl (C=O) groups excluding carboxylic acids is 2. The highest BCUT2D eigenvalue weighted by Gasteiger charge is 2.48. The zero-order chi connectivity index (χ0) is 23.4. The molecule has 0 aromatic carbocycles. The number of rotatable bonds is 4. The Hall–Kier alpha value is -2.56. The van der Waals surface area contributed by atoms with Crippen molar-refractivity contribution < 1.29 is 37.1 Å². The Morgan fingerprint density at radius 1 is 1.16 bits per heavy atom. The molecule has 8 nitrogen and oxygen atoms in total. The number of carboxylic acid groups (broad SMARTS) is 1. The summed E-state index contributed by atoms with van der Waals surface area (Å²) in [5, 5.41) is 7.12. The number of alkyl halides is 3. The normalized spacial score (nSPS) is 18.6. The molecular weight excluding hydrogens is 419 g/mol. The lowest BCUT2D eigenvalue weighted by Gasteiger charge is -2.37. The second kappa shape index (κ2) is 9.71. The van der Waals surface area contributed by atoms with Crippen molar-refractivity contribution in [3.8, 4) is 0 Å². The number of halogens is 3. The summed E-state index contributed by atoms with van der Waals surface area (Å²) in [6, 6.07) is 4.01. The molecule has 0 saturated carbocycles. The minimum atomic E-state index is -5.08. The smallest absolute Gasteiger partial charge is 0.475 e. The Bertz CT molecular complexity index is 798. The fourth-order valence-electron chi connectivity index (χ4n) is 3.74. The molecule has 0 atom stereocenters. The first-order chi connectivity index (χ1) is 14.3. The first kappa shape index (κ1) is 24.7. The van der Waals surface area contributed by atoms with E-state index >= 15 is 0 Å². The van der Waals surface area contributed by atoms with Crippen LogP contribution in [0.3, 0.4) is 0 Å². The fraction of sp³-hybridized carbons (Fsp3) is 0.650. The van der Waals surface area contributed by atoms with Gasteiger partial charge in [-0.05, 0) is 51.4 Å². The standard InChI is InChI=1S/C18H27N3O3.C2HF3O2/c1-14-4-5-15(24-14)12-20-9-6-18(7-10-20)8-11-21(17(18)23)13-16(22)19(2)3;3-2(4,5)1(6)7/h4-5H,6-13H2,1-3H3;(H,6,7). The van der Waals surface area contributed by atoms with Crippen LogP contribution < -0.4 is 0 Å². The molecule has 0 unspecified atom stereocenters. The minimum Gasteiger partial charge on any atom is -0.475 e. The van der Waals surface area contributed by atoms with Crippen LogP contribution in [0.1, 0.15) is 30.8 Å². The van der Waals surface area contributed by atoms with Crippen molar-refractivity contribution in [2.24, 2.45) is 5.41 Å². The predicted molar refractivity (Wildman–Crippen MR) is 104 cm³/mol. The molecule has 11 heteroatoms. The Balaban J connectivity index is 0.000000423. The van der Waals surface area contributed by atoms with Crippen molar-refractivity contribution >= 4 is 17.8 Å². The number of hydrogen-bond acceptors (Lipinski definition) is 5. The number of aryl methyl sites for hydroxylation is 1. The van der Waals surface area contributed by atoms with Crippen LogP contribution in [-0.4, -0.2) is 84.0 Å². The summed E-state index contributed by atoms with van der Waals surface area (Å²) in [5.74, 6) is -0.672. The monoisotopic (exact) mass is 447 g/mol. The van der Waals surface area contributed by atoms with Crippen LogP contribution in [0.4, 0.5) is 13.2 Å². The largest absolute Gasteiger partial charge is 0.490 e. The number of likely N-dealkylation sites (tertiary alicyclic amines) is 2. The van der Waals surface area contributed by atoms with Gasteiger partial charge in [-0.25, -0.2) is 4.79 Å². The summed E-state index contributed by atoms with van der Waals surface area (Å²) in [7, 11) is 3.46. The Kier molecular flexibility index (Phi) is 7.74. The lowest BCUT2D eigenvalue weighted by Crippen LogP contribution is -2.46. The number of carboxylic acids is 1. The Morgan fingerprint density at radius 3 is 2.16 bits per heavy atom. The van der Waals surface area contributed by atoms with Crippen molar-refractivity contribution in [1.82, 2.24) is 14.7 Å². The maximum absolute atomic E-state index is 12.8. The molecule has 1 spiro atoms. The van der Waals surface area contributed by atoms with Gasteiger partial charge in [0.25, 0.3) is 0 Å². The number of likely N-dealkylation sites (N-methyl/N-ethyl adjacent to an activating group) is 1. The lowest BCUT2D eigenvalue weighted by atomic mass is 9.77. The van der Waals surface area contributed by atoms with Crippen LogP contribution in [0.25, 0.3) is 0 Å². The van der Waals surface area contributed by atoms with Crippen LogP contribution >= 0.6 is 0 Å². The molecule has 3 rings (SSSR count). The maximum Gasteiger partial charge on any atom is 0.490 e. The van der Waals surface area contributed by atoms with Gasteiger partial charge in [0.2, 0.25) is 11.8 Å². The number of carbonyl (C=O) groups is 3. The van der Waals surface area contributed by atoms with E-state index in [9.17, 15) is 22.8 Å². The highest BCUT2D eigenvalue weighted by atomic mass is 19.4. The van der Waals surface area contributed by atoms with Gasteiger partial charge in [0.1, 0.15) is 11.5 Å². The molecule has 1 aromatic heterocycles. The van der Waals surface area contributed by atoms with Gasteiger partial charge < -0.3 is 19.3 Å². The molecule has 0 bridgehead atoms. The zero-order valence-electron chi connectivity index (χ0n) is 17.9. The van der Waals surface area contributed by atoms with Crippen molar-refractivity contribution in [3.63, 3.8) is 0 Å². The van der Waals surface area contributed by atoms with Gasteiger partial charge in [-0.1, -0.05) is 0 Å². The third-order valence-electron chi connectivity index (χ3n) is 5.66. The summed E-state index contributed by atoms with van der Waals surface area (Å²) >= 11 is 0. The van der Waals surface area contributed by atoms with Gasteiger partial charge in [0.15, 0.2) is 0 Å². The molecule has 2 saturated heterocycles. The summed E-state index contributed by atoms with van der Waals surface area (Å²) in [5.41, 5.74) is -0.248. The molecule has 3 heterocycles. The number of furan rings is 1. The number of nitrogens with zero attached hydrogens (tertiary/aromatic N) is 3.